The minimum absolute atomic E-state index is 0.535. The molecule has 0 spiro atoms. The number of rotatable bonds is 1. The summed E-state index contributed by atoms with van der Waals surface area (Å²) in [5, 5.41) is 0. The van der Waals surface area contributed by atoms with Gasteiger partial charge in [-0.3, -0.25) is 0 Å². The summed E-state index contributed by atoms with van der Waals surface area (Å²) in [7, 11) is 0. The zero-order valence-corrected chi connectivity index (χ0v) is 13.1. The van der Waals surface area contributed by atoms with Gasteiger partial charge in [-0.15, -0.1) is 0 Å². The molecule has 0 aromatic heterocycles. The van der Waals surface area contributed by atoms with Crippen LogP contribution in [0.3, 0.4) is 0 Å². The van der Waals surface area contributed by atoms with Crippen LogP contribution >= 0.6 is 0 Å². The first-order valence-electron chi connectivity index (χ1n) is 6.51. The number of hydrogen-bond acceptors (Lipinski definition) is 0. The Hall–Kier alpha value is 0.729. The maximum absolute atomic E-state index is 14.7. The van der Waals surface area contributed by atoms with Gasteiger partial charge in [0.05, 0.1) is 0 Å². The number of hydrogen-bond donors (Lipinski definition) is 0. The standard InChI is InChI=1S/C10H14F.3CH3.Sn/c11-10-4-7-1-8(5-10)3-9(2-7)6-10;;;;/h7-8H,1-6H2;3*1H3;. The molecule has 0 nitrogen and oxygen atoms in total. The van der Waals surface area contributed by atoms with Crippen LogP contribution in [-0.2, 0) is 0 Å². The van der Waals surface area contributed by atoms with Crippen LogP contribution in [0, 0.1) is 11.8 Å². The van der Waals surface area contributed by atoms with E-state index in [1.165, 1.54) is 19.3 Å². The molecule has 2 heteroatoms. The van der Waals surface area contributed by atoms with Crippen molar-refractivity contribution in [3.63, 3.8) is 0 Å². The average molecular weight is 317 g/mol. The molecule has 4 bridgehead atoms. The van der Waals surface area contributed by atoms with Gasteiger partial charge >= 0.3 is 97.0 Å². The molecule has 0 heterocycles. The molecule has 15 heavy (non-hydrogen) atoms. The molecule has 0 aliphatic heterocycles. The summed E-state index contributed by atoms with van der Waals surface area (Å²) >= 11 is -1.96. The van der Waals surface area contributed by atoms with Crippen molar-refractivity contribution in [2.45, 2.75) is 62.4 Å². The first-order valence-corrected chi connectivity index (χ1v) is 16.5. The van der Waals surface area contributed by atoms with Crippen molar-refractivity contribution in [3.8, 4) is 0 Å². The molecule has 2 unspecified atom stereocenters. The Balaban J connectivity index is 2.00. The second-order valence-corrected chi connectivity index (χ2v) is 23.5. The third-order valence-electron chi connectivity index (χ3n) is 5.58. The van der Waals surface area contributed by atoms with Crippen molar-refractivity contribution in [1.29, 1.82) is 0 Å². The Morgan fingerprint density at radius 3 is 1.93 bits per heavy atom. The number of halogens is 1. The van der Waals surface area contributed by atoms with Gasteiger partial charge < -0.3 is 0 Å². The van der Waals surface area contributed by atoms with Crippen LogP contribution in [0.25, 0.3) is 0 Å². The molecule has 4 aliphatic rings. The van der Waals surface area contributed by atoms with Crippen molar-refractivity contribution in [2.75, 3.05) is 0 Å². The molecule has 0 radical (unpaired) electrons. The van der Waals surface area contributed by atoms with Gasteiger partial charge in [-0.05, 0) is 0 Å². The van der Waals surface area contributed by atoms with E-state index >= 15 is 0 Å². The summed E-state index contributed by atoms with van der Waals surface area (Å²) in [4.78, 5) is 7.60. The molecule has 4 aliphatic carbocycles. The predicted octanol–water partition coefficient (Wildman–Crippen LogP) is 4.39. The monoisotopic (exact) mass is 318 g/mol. The molecule has 4 saturated carbocycles. The van der Waals surface area contributed by atoms with E-state index in [2.05, 4.69) is 14.8 Å². The normalized spacial score (nSPS) is 53.6. The summed E-state index contributed by atoms with van der Waals surface area (Å²) in [5.41, 5.74) is -0.728. The van der Waals surface area contributed by atoms with Gasteiger partial charge in [0, 0.05) is 0 Å². The molecule has 0 N–H and O–H groups in total. The van der Waals surface area contributed by atoms with Gasteiger partial charge in [0.2, 0.25) is 0 Å². The van der Waals surface area contributed by atoms with Gasteiger partial charge in [0.1, 0.15) is 0 Å². The molecule has 0 aromatic carbocycles. The number of alkyl halides is 1. The molecule has 0 saturated heterocycles. The average Bonchev–Trinajstić information content (AvgIpc) is 1.95. The predicted molar refractivity (Wildman–Crippen MR) is 64.6 cm³/mol. The summed E-state index contributed by atoms with van der Waals surface area (Å²) in [6.07, 6.45) is 6.92. The van der Waals surface area contributed by atoms with Gasteiger partial charge in [-0.2, -0.15) is 0 Å². The third kappa shape index (κ3) is 1.51. The molecule has 86 valence electrons. The second-order valence-electron chi connectivity index (χ2n) is 7.64. The molecule has 4 rings (SSSR count). The molecular weight excluding hydrogens is 294 g/mol. The summed E-state index contributed by atoms with van der Waals surface area (Å²) < 4.78 is 15.2. The fourth-order valence-corrected chi connectivity index (χ4v) is 12.6. The van der Waals surface area contributed by atoms with E-state index in [0.717, 1.165) is 31.1 Å². The summed E-state index contributed by atoms with van der Waals surface area (Å²) in [5.74, 6) is 1.51. The van der Waals surface area contributed by atoms with Crippen molar-refractivity contribution < 1.29 is 4.39 Å². The van der Waals surface area contributed by atoms with Gasteiger partial charge in [0.15, 0.2) is 0 Å². The third-order valence-corrected chi connectivity index (χ3v) is 16.3. The molecule has 0 amide bonds. The van der Waals surface area contributed by atoms with E-state index in [4.69, 9.17) is 0 Å². The Bertz CT molecular complexity index is 277. The van der Waals surface area contributed by atoms with Crippen molar-refractivity contribution in [2.24, 2.45) is 11.8 Å². The molecule has 2 atom stereocenters. The molecule has 4 fully saturated rings. The molecule has 0 aromatic rings. The zero-order chi connectivity index (χ0) is 10.9. The van der Waals surface area contributed by atoms with E-state index in [0.29, 0.717) is 3.43 Å². The quantitative estimate of drug-likeness (QED) is 0.629. The van der Waals surface area contributed by atoms with Gasteiger partial charge in [0.25, 0.3) is 0 Å². The Labute approximate surface area is 96.9 Å². The van der Waals surface area contributed by atoms with Crippen LogP contribution in [0.2, 0.25) is 18.2 Å². The fraction of sp³-hybridized carbons (Fsp3) is 1.00. The van der Waals surface area contributed by atoms with E-state index in [9.17, 15) is 4.39 Å². The van der Waals surface area contributed by atoms with Gasteiger partial charge in [-0.25, -0.2) is 0 Å². The van der Waals surface area contributed by atoms with Crippen LogP contribution in [0.4, 0.5) is 4.39 Å². The van der Waals surface area contributed by atoms with Crippen molar-refractivity contribution >= 4 is 18.4 Å². The maximum atomic E-state index is 14.7. The first kappa shape index (κ1) is 10.9. The van der Waals surface area contributed by atoms with Crippen molar-refractivity contribution in [1.82, 2.24) is 0 Å². The SMILES string of the molecule is [CH3][Sn]([CH3])([CH3])[C]12CC3CC(CC(F)(C3)C1)C2. The Morgan fingerprint density at radius 2 is 1.53 bits per heavy atom. The van der Waals surface area contributed by atoms with E-state index in [1.54, 1.807) is 0 Å². The Kier molecular flexibility index (Phi) is 2.13. The van der Waals surface area contributed by atoms with Crippen LogP contribution in [0.1, 0.15) is 38.5 Å². The first-order chi connectivity index (χ1) is 6.82. The zero-order valence-electron chi connectivity index (χ0n) is 10.3. The minimum atomic E-state index is -1.96. The van der Waals surface area contributed by atoms with Gasteiger partial charge in [-0.1, -0.05) is 0 Å². The summed E-state index contributed by atoms with van der Waals surface area (Å²) in [6, 6.07) is 0. The fourth-order valence-electron chi connectivity index (χ4n) is 5.03. The van der Waals surface area contributed by atoms with E-state index in [1.807, 2.05) is 0 Å². The van der Waals surface area contributed by atoms with Crippen LogP contribution < -0.4 is 0 Å². The van der Waals surface area contributed by atoms with Crippen molar-refractivity contribution in [3.05, 3.63) is 0 Å². The Morgan fingerprint density at radius 1 is 1.00 bits per heavy atom. The second kappa shape index (κ2) is 2.94. The molecular formula is C13H23FSn. The van der Waals surface area contributed by atoms with E-state index < -0.39 is 24.0 Å². The van der Waals surface area contributed by atoms with E-state index in [-0.39, 0.29) is 0 Å². The topological polar surface area (TPSA) is 0 Å². The van der Waals surface area contributed by atoms with Crippen LogP contribution in [-0.4, -0.2) is 24.0 Å². The van der Waals surface area contributed by atoms with Crippen LogP contribution in [0.5, 0.6) is 0 Å². The van der Waals surface area contributed by atoms with Crippen LogP contribution in [0.15, 0.2) is 0 Å². The summed E-state index contributed by atoms with van der Waals surface area (Å²) in [6.45, 7) is 0.